The molecule has 0 saturated carbocycles. The van der Waals surface area contributed by atoms with E-state index in [2.05, 4.69) is 11.1 Å². The van der Waals surface area contributed by atoms with Crippen molar-refractivity contribution in [2.75, 3.05) is 6.61 Å². The zero-order chi connectivity index (χ0) is 18.8. The summed E-state index contributed by atoms with van der Waals surface area (Å²) < 4.78 is 10.6. The van der Waals surface area contributed by atoms with Gasteiger partial charge in [-0.1, -0.05) is 23.7 Å². The second kappa shape index (κ2) is 7.06. The molecule has 1 unspecified atom stereocenters. The Hall–Kier alpha value is -3.04. The summed E-state index contributed by atoms with van der Waals surface area (Å²) in [6, 6.07) is 9.32. The fourth-order valence-electron chi connectivity index (χ4n) is 3.03. The summed E-state index contributed by atoms with van der Waals surface area (Å²) in [6.45, 7) is 3.55. The largest absolute Gasteiger partial charge is 0.463 e. The number of allylic oxidation sites excluding steroid dienone is 2. The average molecular weight is 370 g/mol. The van der Waals surface area contributed by atoms with Crippen molar-refractivity contribution >= 4 is 28.3 Å². The molecule has 0 radical (unpaired) electrons. The second-order valence-corrected chi connectivity index (χ2v) is 6.06. The molecule has 1 atom stereocenters. The van der Waals surface area contributed by atoms with Crippen molar-refractivity contribution in [2.45, 2.75) is 19.8 Å². The zero-order valence-electron chi connectivity index (χ0n) is 14.2. The summed E-state index contributed by atoms with van der Waals surface area (Å²) in [6.07, 6.45) is 1.60. The molecule has 1 aliphatic rings. The monoisotopic (exact) mass is 369 g/mol. The predicted molar refractivity (Wildman–Crippen MR) is 96.7 cm³/mol. The van der Waals surface area contributed by atoms with Crippen molar-refractivity contribution in [3.05, 3.63) is 64.0 Å². The standard InChI is InChI=1S/C19H16ClN3O3/c1-3-25-19(24)15-10(2)26-18(22)14(9-21)16(15)12-4-5-13-11(8-12)6-7-23-17(13)20/h4-8,16H,3,22H2,1-2H3. The molecule has 0 spiro atoms. The molecule has 0 saturated heterocycles. The first-order chi connectivity index (χ1) is 12.5. The van der Waals surface area contributed by atoms with Crippen LogP contribution in [0.1, 0.15) is 25.3 Å². The molecule has 132 valence electrons. The number of rotatable bonds is 3. The lowest BCUT2D eigenvalue weighted by atomic mass is 9.82. The number of esters is 1. The SMILES string of the molecule is CCOC(=O)C1=C(C)OC(N)=C(C#N)C1c1ccc2c(Cl)nccc2c1. The lowest BCUT2D eigenvalue weighted by Gasteiger charge is -2.27. The Morgan fingerprint density at radius 3 is 2.92 bits per heavy atom. The summed E-state index contributed by atoms with van der Waals surface area (Å²) in [4.78, 5) is 16.6. The van der Waals surface area contributed by atoms with Crippen LogP contribution in [0.25, 0.3) is 10.8 Å². The van der Waals surface area contributed by atoms with Crippen molar-refractivity contribution in [3.63, 3.8) is 0 Å². The van der Waals surface area contributed by atoms with E-state index in [1.165, 1.54) is 0 Å². The van der Waals surface area contributed by atoms with Gasteiger partial charge in [0.05, 0.1) is 18.1 Å². The minimum Gasteiger partial charge on any atom is -0.463 e. The number of carbonyl (C=O) groups is 1. The number of halogens is 1. The van der Waals surface area contributed by atoms with Gasteiger partial charge in [0.25, 0.3) is 0 Å². The Balaban J connectivity index is 2.21. The molecule has 0 fully saturated rings. The molecule has 0 aliphatic carbocycles. The number of fused-ring (bicyclic) bond motifs is 1. The molecule has 0 bridgehead atoms. The third-order valence-corrected chi connectivity index (χ3v) is 4.48. The second-order valence-electron chi connectivity index (χ2n) is 5.70. The van der Waals surface area contributed by atoms with E-state index >= 15 is 0 Å². The summed E-state index contributed by atoms with van der Waals surface area (Å²) >= 11 is 6.12. The van der Waals surface area contributed by atoms with Crippen LogP contribution < -0.4 is 5.73 Å². The van der Waals surface area contributed by atoms with Gasteiger partial charge < -0.3 is 15.2 Å². The normalized spacial score (nSPS) is 17.1. The van der Waals surface area contributed by atoms with E-state index in [4.69, 9.17) is 26.8 Å². The van der Waals surface area contributed by atoms with E-state index in [-0.39, 0.29) is 23.6 Å². The van der Waals surface area contributed by atoms with Crippen LogP contribution >= 0.6 is 11.6 Å². The van der Waals surface area contributed by atoms with Gasteiger partial charge in [0.2, 0.25) is 5.88 Å². The van der Waals surface area contributed by atoms with Gasteiger partial charge in [-0.2, -0.15) is 5.26 Å². The highest BCUT2D eigenvalue weighted by atomic mass is 35.5. The van der Waals surface area contributed by atoms with Gasteiger partial charge in [-0.05, 0) is 36.9 Å². The highest BCUT2D eigenvalue weighted by molar-refractivity contribution is 6.34. The minimum absolute atomic E-state index is 0.0177. The molecule has 6 nitrogen and oxygen atoms in total. The van der Waals surface area contributed by atoms with Crippen LogP contribution in [0, 0.1) is 11.3 Å². The van der Waals surface area contributed by atoms with Crippen LogP contribution in [-0.4, -0.2) is 17.6 Å². The molecule has 2 N–H and O–H groups in total. The van der Waals surface area contributed by atoms with Crippen molar-refractivity contribution < 1.29 is 14.3 Å². The van der Waals surface area contributed by atoms with E-state index < -0.39 is 11.9 Å². The van der Waals surface area contributed by atoms with E-state index in [1.807, 2.05) is 12.1 Å². The Kier molecular flexibility index (Phi) is 4.83. The highest BCUT2D eigenvalue weighted by Crippen LogP contribution is 2.40. The molecule has 1 aliphatic heterocycles. The van der Waals surface area contributed by atoms with Gasteiger partial charge in [0.1, 0.15) is 22.6 Å². The van der Waals surface area contributed by atoms with Crippen molar-refractivity contribution in [3.8, 4) is 6.07 Å². The fourth-order valence-corrected chi connectivity index (χ4v) is 3.26. The number of ether oxygens (including phenoxy) is 2. The van der Waals surface area contributed by atoms with Crippen LogP contribution in [0.15, 0.2) is 53.3 Å². The summed E-state index contributed by atoms with van der Waals surface area (Å²) in [7, 11) is 0. The molecule has 3 rings (SSSR count). The Morgan fingerprint density at radius 2 is 2.23 bits per heavy atom. The first-order valence-corrected chi connectivity index (χ1v) is 8.35. The molecule has 2 heterocycles. The van der Waals surface area contributed by atoms with Crippen LogP contribution in [0.3, 0.4) is 0 Å². The number of nitriles is 1. The van der Waals surface area contributed by atoms with E-state index in [0.29, 0.717) is 16.5 Å². The molecule has 1 aromatic heterocycles. The van der Waals surface area contributed by atoms with Crippen molar-refractivity contribution in [1.82, 2.24) is 4.98 Å². The fraction of sp³-hybridized carbons (Fsp3) is 0.211. The Morgan fingerprint density at radius 1 is 1.46 bits per heavy atom. The van der Waals surface area contributed by atoms with E-state index in [9.17, 15) is 10.1 Å². The highest BCUT2D eigenvalue weighted by Gasteiger charge is 2.36. The summed E-state index contributed by atoms with van der Waals surface area (Å²) in [5.41, 5.74) is 7.04. The topological polar surface area (TPSA) is 98.2 Å². The average Bonchev–Trinajstić information content (AvgIpc) is 2.61. The molecule has 7 heteroatoms. The molecule has 2 aromatic rings. The van der Waals surface area contributed by atoms with Gasteiger partial charge in [-0.15, -0.1) is 0 Å². The number of pyridine rings is 1. The van der Waals surface area contributed by atoms with Crippen molar-refractivity contribution in [2.24, 2.45) is 5.73 Å². The first-order valence-electron chi connectivity index (χ1n) is 7.97. The number of nitrogens with zero attached hydrogens (tertiary/aromatic N) is 2. The van der Waals surface area contributed by atoms with Gasteiger partial charge in [0.15, 0.2) is 0 Å². The first kappa shape index (κ1) is 17.8. The van der Waals surface area contributed by atoms with Crippen LogP contribution in [0.4, 0.5) is 0 Å². The van der Waals surface area contributed by atoms with Crippen LogP contribution in [-0.2, 0) is 14.3 Å². The number of benzene rings is 1. The van der Waals surface area contributed by atoms with E-state index in [1.54, 1.807) is 32.2 Å². The van der Waals surface area contributed by atoms with Gasteiger partial charge >= 0.3 is 5.97 Å². The third kappa shape index (κ3) is 2.98. The van der Waals surface area contributed by atoms with Crippen molar-refractivity contribution in [1.29, 1.82) is 5.26 Å². The van der Waals surface area contributed by atoms with Crippen LogP contribution in [0.5, 0.6) is 0 Å². The summed E-state index contributed by atoms with van der Waals surface area (Å²) in [5.74, 6) is -0.916. The number of hydrogen-bond acceptors (Lipinski definition) is 6. The number of carbonyl (C=O) groups excluding carboxylic acids is 1. The number of aromatic nitrogens is 1. The zero-order valence-corrected chi connectivity index (χ0v) is 15.0. The Labute approximate surface area is 155 Å². The maximum Gasteiger partial charge on any atom is 0.338 e. The number of nitrogens with two attached hydrogens (primary N) is 1. The molecular weight excluding hydrogens is 354 g/mol. The molecular formula is C19H16ClN3O3. The molecule has 1 aromatic carbocycles. The van der Waals surface area contributed by atoms with Crippen LogP contribution in [0.2, 0.25) is 5.15 Å². The quantitative estimate of drug-likeness (QED) is 0.656. The maximum atomic E-state index is 12.5. The van der Waals surface area contributed by atoms with Gasteiger partial charge in [-0.25, -0.2) is 9.78 Å². The van der Waals surface area contributed by atoms with Gasteiger partial charge in [-0.3, -0.25) is 0 Å². The lowest BCUT2D eigenvalue weighted by Crippen LogP contribution is -2.25. The third-order valence-electron chi connectivity index (χ3n) is 4.17. The Bertz CT molecular complexity index is 1000. The molecule has 26 heavy (non-hydrogen) atoms. The number of hydrogen-bond donors (Lipinski definition) is 1. The minimum atomic E-state index is -0.677. The maximum absolute atomic E-state index is 12.5. The lowest BCUT2D eigenvalue weighted by molar-refractivity contribution is -0.139. The smallest absolute Gasteiger partial charge is 0.338 e. The predicted octanol–water partition coefficient (Wildman–Crippen LogP) is 3.53. The van der Waals surface area contributed by atoms with Gasteiger partial charge in [0, 0.05) is 11.6 Å². The summed E-state index contributed by atoms with van der Waals surface area (Å²) in [5, 5.41) is 11.6. The molecule has 0 amide bonds. The van der Waals surface area contributed by atoms with E-state index in [0.717, 1.165) is 10.8 Å².